The van der Waals surface area contributed by atoms with Gasteiger partial charge in [-0.05, 0) is 47.5 Å². The predicted octanol–water partition coefficient (Wildman–Crippen LogP) is 4.91. The van der Waals surface area contributed by atoms with Crippen LogP contribution in [0.25, 0.3) is 22.4 Å². The van der Waals surface area contributed by atoms with Crippen molar-refractivity contribution in [1.29, 1.82) is 0 Å². The van der Waals surface area contributed by atoms with Crippen LogP contribution < -0.4 is 0 Å². The first-order chi connectivity index (χ1) is 14.2. The maximum Gasteiger partial charge on any atom is 0.176 e. The number of halogens is 1. The molecular formula is C23H17FN4O. The van der Waals surface area contributed by atoms with Crippen molar-refractivity contribution in [3.63, 3.8) is 0 Å². The van der Waals surface area contributed by atoms with Gasteiger partial charge in [0.25, 0.3) is 0 Å². The van der Waals surface area contributed by atoms with E-state index >= 15 is 0 Å². The van der Waals surface area contributed by atoms with E-state index in [4.69, 9.17) is 0 Å². The minimum absolute atomic E-state index is 0.0905. The fourth-order valence-electron chi connectivity index (χ4n) is 3.63. The molecule has 5 aromatic rings. The maximum absolute atomic E-state index is 13.2. The number of rotatable bonds is 4. The van der Waals surface area contributed by atoms with Gasteiger partial charge in [-0.15, -0.1) is 0 Å². The van der Waals surface area contributed by atoms with Crippen LogP contribution in [0.1, 0.15) is 17.2 Å². The van der Waals surface area contributed by atoms with E-state index in [1.807, 2.05) is 47.2 Å². The smallest absolute Gasteiger partial charge is 0.176 e. The highest BCUT2D eigenvalue weighted by atomic mass is 19.1. The second-order valence-electron chi connectivity index (χ2n) is 6.83. The van der Waals surface area contributed by atoms with Crippen LogP contribution in [-0.2, 0) is 0 Å². The summed E-state index contributed by atoms with van der Waals surface area (Å²) in [5.74, 6) is 0.0405. The fraction of sp³-hybridized carbons (Fsp3) is 0.0435. The molecule has 0 spiro atoms. The van der Waals surface area contributed by atoms with Crippen LogP contribution in [0.4, 0.5) is 4.39 Å². The zero-order valence-corrected chi connectivity index (χ0v) is 15.4. The highest BCUT2D eigenvalue weighted by Gasteiger charge is 2.19. The Bertz CT molecular complexity index is 1260. The standard InChI is InChI=1S/C23H17FN4O/c24-19-9-6-17(7-10-19)23-26-20-11-8-18(14-21(20)28(23)29)22(27-13-12-25-15-27)16-4-2-1-3-5-16/h1-15,22,29H. The van der Waals surface area contributed by atoms with Crippen molar-refractivity contribution in [2.24, 2.45) is 0 Å². The molecule has 0 saturated carbocycles. The molecule has 0 aliphatic carbocycles. The molecule has 1 N–H and O–H groups in total. The monoisotopic (exact) mass is 384 g/mol. The molecule has 0 amide bonds. The summed E-state index contributed by atoms with van der Waals surface area (Å²) < 4.78 is 16.3. The van der Waals surface area contributed by atoms with Crippen LogP contribution in [0.3, 0.4) is 0 Å². The summed E-state index contributed by atoms with van der Waals surface area (Å²) in [6.45, 7) is 0. The largest absolute Gasteiger partial charge is 0.426 e. The fourth-order valence-corrected chi connectivity index (χ4v) is 3.63. The zero-order valence-electron chi connectivity index (χ0n) is 15.4. The summed E-state index contributed by atoms with van der Waals surface area (Å²) >= 11 is 0. The summed E-state index contributed by atoms with van der Waals surface area (Å²) in [6.07, 6.45) is 5.45. The van der Waals surface area contributed by atoms with Gasteiger partial charge in [0.1, 0.15) is 11.3 Å². The van der Waals surface area contributed by atoms with Crippen LogP contribution in [0.15, 0.2) is 91.5 Å². The summed E-state index contributed by atoms with van der Waals surface area (Å²) in [4.78, 5) is 8.71. The van der Waals surface area contributed by atoms with Crippen molar-refractivity contribution in [1.82, 2.24) is 19.3 Å². The van der Waals surface area contributed by atoms with Gasteiger partial charge in [-0.25, -0.2) is 14.4 Å². The van der Waals surface area contributed by atoms with Crippen LogP contribution in [0.5, 0.6) is 0 Å². The minimum Gasteiger partial charge on any atom is -0.426 e. The van der Waals surface area contributed by atoms with Crippen LogP contribution in [0.2, 0.25) is 0 Å². The number of benzene rings is 3. The summed E-state index contributed by atoms with van der Waals surface area (Å²) in [5.41, 5.74) is 3.98. The molecule has 1 unspecified atom stereocenters. The molecule has 0 bridgehead atoms. The van der Waals surface area contributed by atoms with Crippen LogP contribution in [0, 0.1) is 5.82 Å². The van der Waals surface area contributed by atoms with Gasteiger partial charge < -0.3 is 9.77 Å². The number of fused-ring (bicyclic) bond motifs is 1. The summed E-state index contributed by atoms with van der Waals surface area (Å²) in [6, 6.07) is 21.7. The molecule has 5 nitrogen and oxygen atoms in total. The Morgan fingerprint density at radius 3 is 2.41 bits per heavy atom. The molecule has 0 radical (unpaired) electrons. The van der Waals surface area contributed by atoms with Crippen molar-refractivity contribution in [3.8, 4) is 11.4 Å². The first-order valence-corrected chi connectivity index (χ1v) is 9.21. The third kappa shape index (κ3) is 3.04. The lowest BCUT2D eigenvalue weighted by Crippen LogP contribution is -2.10. The van der Waals surface area contributed by atoms with E-state index in [0.717, 1.165) is 15.9 Å². The van der Waals surface area contributed by atoms with Crippen LogP contribution >= 0.6 is 0 Å². The van der Waals surface area contributed by atoms with E-state index in [1.54, 1.807) is 24.7 Å². The van der Waals surface area contributed by atoms with E-state index < -0.39 is 0 Å². The second kappa shape index (κ2) is 6.91. The molecule has 142 valence electrons. The lowest BCUT2D eigenvalue weighted by Gasteiger charge is -2.19. The van der Waals surface area contributed by atoms with Gasteiger partial charge in [-0.1, -0.05) is 36.4 Å². The normalized spacial score (nSPS) is 12.3. The topological polar surface area (TPSA) is 55.9 Å². The average Bonchev–Trinajstić information content (AvgIpc) is 3.39. The number of hydrogen-bond acceptors (Lipinski definition) is 3. The quantitative estimate of drug-likeness (QED) is 0.448. The van der Waals surface area contributed by atoms with E-state index in [2.05, 4.69) is 22.1 Å². The summed E-state index contributed by atoms with van der Waals surface area (Å²) in [7, 11) is 0. The van der Waals surface area contributed by atoms with E-state index in [1.165, 1.54) is 12.1 Å². The molecule has 1 atom stereocenters. The van der Waals surface area contributed by atoms with Crippen LogP contribution in [-0.4, -0.2) is 24.5 Å². The van der Waals surface area contributed by atoms with Crippen molar-refractivity contribution < 1.29 is 9.60 Å². The Morgan fingerprint density at radius 2 is 1.69 bits per heavy atom. The highest BCUT2D eigenvalue weighted by molar-refractivity contribution is 5.81. The predicted molar refractivity (Wildman–Crippen MR) is 108 cm³/mol. The van der Waals surface area contributed by atoms with E-state index in [0.29, 0.717) is 22.4 Å². The van der Waals surface area contributed by atoms with Gasteiger partial charge in [-0.2, -0.15) is 4.73 Å². The van der Waals surface area contributed by atoms with Gasteiger partial charge in [0.2, 0.25) is 0 Å². The number of imidazole rings is 2. The Kier molecular flexibility index (Phi) is 4.09. The Balaban J connectivity index is 1.65. The highest BCUT2D eigenvalue weighted by Crippen LogP contribution is 2.30. The zero-order chi connectivity index (χ0) is 19.8. The molecule has 0 fully saturated rings. The molecule has 29 heavy (non-hydrogen) atoms. The van der Waals surface area contributed by atoms with E-state index in [9.17, 15) is 9.60 Å². The average molecular weight is 384 g/mol. The van der Waals surface area contributed by atoms with Gasteiger partial charge in [0.05, 0.1) is 17.9 Å². The Labute approximate surface area is 166 Å². The SMILES string of the molecule is On1c(-c2ccc(F)cc2)nc2ccc(C(c3ccccc3)n3ccnc3)cc21. The molecule has 2 heterocycles. The lowest BCUT2D eigenvalue weighted by molar-refractivity contribution is 0.203. The Hall–Kier alpha value is -3.93. The van der Waals surface area contributed by atoms with Gasteiger partial charge in [-0.3, -0.25) is 0 Å². The van der Waals surface area contributed by atoms with Crippen molar-refractivity contribution in [2.75, 3.05) is 0 Å². The van der Waals surface area contributed by atoms with Gasteiger partial charge in [0, 0.05) is 18.0 Å². The molecule has 2 aromatic heterocycles. The molecule has 6 heteroatoms. The Morgan fingerprint density at radius 1 is 0.897 bits per heavy atom. The third-order valence-corrected chi connectivity index (χ3v) is 5.01. The molecule has 3 aromatic carbocycles. The molecular weight excluding hydrogens is 367 g/mol. The molecule has 5 rings (SSSR count). The molecule has 0 saturated heterocycles. The minimum atomic E-state index is -0.331. The third-order valence-electron chi connectivity index (χ3n) is 5.01. The first kappa shape index (κ1) is 17.2. The van der Waals surface area contributed by atoms with Gasteiger partial charge in [0.15, 0.2) is 5.82 Å². The molecule has 0 aliphatic heterocycles. The summed E-state index contributed by atoms with van der Waals surface area (Å²) in [5, 5.41) is 10.8. The van der Waals surface area contributed by atoms with Gasteiger partial charge >= 0.3 is 0 Å². The second-order valence-corrected chi connectivity index (χ2v) is 6.83. The number of aromatic nitrogens is 4. The van der Waals surface area contributed by atoms with Crippen molar-refractivity contribution in [2.45, 2.75) is 6.04 Å². The maximum atomic E-state index is 13.2. The number of hydrogen-bond donors (Lipinski definition) is 1. The van der Waals surface area contributed by atoms with Crippen molar-refractivity contribution >= 4 is 11.0 Å². The number of nitrogens with zero attached hydrogens (tertiary/aromatic N) is 4. The molecule has 0 aliphatic rings. The first-order valence-electron chi connectivity index (χ1n) is 9.21. The van der Waals surface area contributed by atoms with E-state index in [-0.39, 0.29) is 11.9 Å². The van der Waals surface area contributed by atoms with Crippen molar-refractivity contribution in [3.05, 3.63) is 108 Å². The lowest BCUT2D eigenvalue weighted by atomic mass is 9.98.